The van der Waals surface area contributed by atoms with Crippen molar-refractivity contribution in [1.29, 1.82) is 0 Å². The third kappa shape index (κ3) is 2.91. The molecular formula is C12H9ClN4. The molecule has 0 saturated heterocycles. The third-order valence-corrected chi connectivity index (χ3v) is 2.43. The van der Waals surface area contributed by atoms with E-state index in [0.29, 0.717) is 10.7 Å². The number of para-hydroxylation sites is 1. The molecule has 0 spiro atoms. The highest BCUT2D eigenvalue weighted by Gasteiger charge is 1.99. The molecule has 0 heterocycles. The van der Waals surface area contributed by atoms with Gasteiger partial charge >= 0.3 is 0 Å². The Hall–Kier alpha value is -2.16. The van der Waals surface area contributed by atoms with E-state index in [1.807, 2.05) is 30.3 Å². The van der Waals surface area contributed by atoms with Gasteiger partial charge in [-0.2, -0.15) is 0 Å². The number of halogens is 1. The van der Waals surface area contributed by atoms with E-state index in [-0.39, 0.29) is 0 Å². The summed E-state index contributed by atoms with van der Waals surface area (Å²) in [6.07, 6.45) is 0. The van der Waals surface area contributed by atoms with Gasteiger partial charge in [0.1, 0.15) is 0 Å². The van der Waals surface area contributed by atoms with Crippen LogP contribution in [-0.2, 0) is 0 Å². The van der Waals surface area contributed by atoms with Crippen molar-refractivity contribution >= 4 is 28.7 Å². The molecule has 1 N–H and O–H groups in total. The molecule has 84 valence electrons. The minimum atomic E-state index is 0.560. The predicted octanol–water partition coefficient (Wildman–Crippen LogP) is 5.03. The van der Waals surface area contributed by atoms with Crippen molar-refractivity contribution < 1.29 is 0 Å². The maximum Gasteiger partial charge on any atom is 0.0610 e. The van der Waals surface area contributed by atoms with Crippen LogP contribution < -0.4 is 5.32 Å². The molecule has 0 radical (unpaired) electrons. The first-order chi connectivity index (χ1) is 8.29. The van der Waals surface area contributed by atoms with Crippen LogP contribution in [0.2, 0.25) is 5.02 Å². The normalized spacial score (nSPS) is 9.47. The zero-order chi connectivity index (χ0) is 12.1. The largest absolute Gasteiger partial charge is 0.355 e. The van der Waals surface area contributed by atoms with Crippen LogP contribution in [0.25, 0.3) is 10.4 Å². The molecule has 17 heavy (non-hydrogen) atoms. The molecule has 0 bridgehead atoms. The number of azide groups is 1. The number of anilines is 2. The molecule has 0 aliphatic carbocycles. The topological polar surface area (TPSA) is 60.8 Å². The molecule has 4 nitrogen and oxygen atoms in total. The minimum absolute atomic E-state index is 0.560. The van der Waals surface area contributed by atoms with Crippen molar-refractivity contribution in [3.63, 3.8) is 0 Å². The fraction of sp³-hybridized carbons (Fsp3) is 0. The van der Waals surface area contributed by atoms with Crippen molar-refractivity contribution in [2.45, 2.75) is 0 Å². The summed E-state index contributed by atoms with van der Waals surface area (Å²) in [5, 5.41) is 7.45. The molecular weight excluding hydrogens is 236 g/mol. The average molecular weight is 245 g/mol. The maximum absolute atomic E-state index is 8.46. The van der Waals surface area contributed by atoms with E-state index in [1.165, 1.54) is 0 Å². The van der Waals surface area contributed by atoms with Crippen LogP contribution in [0, 0.1) is 0 Å². The molecule has 0 saturated carbocycles. The molecule has 2 aromatic carbocycles. The monoisotopic (exact) mass is 244 g/mol. The summed E-state index contributed by atoms with van der Waals surface area (Å²) in [5.74, 6) is 0. The molecule has 0 atom stereocenters. The van der Waals surface area contributed by atoms with Crippen molar-refractivity contribution in [3.05, 3.63) is 64.0 Å². The van der Waals surface area contributed by atoms with Gasteiger partial charge in [0.05, 0.1) is 5.69 Å². The molecule has 0 aliphatic heterocycles. The van der Waals surface area contributed by atoms with Crippen LogP contribution in [0.4, 0.5) is 17.1 Å². The summed E-state index contributed by atoms with van der Waals surface area (Å²) in [7, 11) is 0. The van der Waals surface area contributed by atoms with E-state index >= 15 is 0 Å². The number of nitrogens with zero attached hydrogens (tertiary/aromatic N) is 3. The second-order valence-corrected chi connectivity index (χ2v) is 3.77. The Morgan fingerprint density at radius 1 is 1.06 bits per heavy atom. The highest BCUT2D eigenvalue weighted by atomic mass is 35.5. The number of hydrogen-bond donors (Lipinski definition) is 1. The second kappa shape index (κ2) is 5.25. The van der Waals surface area contributed by atoms with E-state index in [9.17, 15) is 0 Å². The molecule has 0 amide bonds. The van der Waals surface area contributed by atoms with Gasteiger partial charge in [0.25, 0.3) is 0 Å². The second-order valence-electron chi connectivity index (χ2n) is 3.34. The SMILES string of the molecule is [N-]=[N+]=Nc1ccccc1Nc1ccc(Cl)cc1. The first kappa shape index (κ1) is 11.3. The number of nitrogens with one attached hydrogen (secondary N) is 1. The molecule has 0 aromatic heterocycles. The lowest BCUT2D eigenvalue weighted by Crippen LogP contribution is -1.89. The maximum atomic E-state index is 8.46. The molecule has 2 rings (SSSR count). The third-order valence-electron chi connectivity index (χ3n) is 2.18. The Labute approximate surface area is 103 Å². The van der Waals surface area contributed by atoms with Gasteiger partial charge in [-0.05, 0) is 35.9 Å². The van der Waals surface area contributed by atoms with Crippen molar-refractivity contribution in [3.8, 4) is 0 Å². The van der Waals surface area contributed by atoms with Crippen molar-refractivity contribution in [1.82, 2.24) is 0 Å². The first-order valence-electron chi connectivity index (χ1n) is 4.96. The Kier molecular flexibility index (Phi) is 3.50. The zero-order valence-electron chi connectivity index (χ0n) is 8.84. The molecule has 0 fully saturated rings. The highest BCUT2D eigenvalue weighted by molar-refractivity contribution is 6.30. The van der Waals surface area contributed by atoms with Crippen LogP contribution >= 0.6 is 11.6 Å². The first-order valence-corrected chi connectivity index (χ1v) is 5.34. The molecule has 0 unspecified atom stereocenters. The summed E-state index contributed by atoms with van der Waals surface area (Å²) < 4.78 is 0. The lowest BCUT2D eigenvalue weighted by molar-refractivity contribution is 1.45. The quantitative estimate of drug-likeness (QED) is 0.460. The van der Waals surface area contributed by atoms with Gasteiger partial charge in [0.15, 0.2) is 0 Å². The molecule has 0 aliphatic rings. The lowest BCUT2D eigenvalue weighted by Gasteiger charge is -2.08. The number of hydrogen-bond acceptors (Lipinski definition) is 2. The van der Waals surface area contributed by atoms with Gasteiger partial charge in [0, 0.05) is 21.3 Å². The van der Waals surface area contributed by atoms with E-state index in [2.05, 4.69) is 15.3 Å². The van der Waals surface area contributed by atoms with E-state index in [4.69, 9.17) is 17.1 Å². The summed E-state index contributed by atoms with van der Waals surface area (Å²) in [5.41, 5.74) is 10.7. The Bertz CT molecular complexity index is 559. The van der Waals surface area contributed by atoms with Gasteiger partial charge in [0.2, 0.25) is 0 Å². The Morgan fingerprint density at radius 2 is 1.76 bits per heavy atom. The van der Waals surface area contributed by atoms with Crippen LogP contribution in [0.15, 0.2) is 53.6 Å². The van der Waals surface area contributed by atoms with Gasteiger partial charge in [-0.15, -0.1) is 0 Å². The smallest absolute Gasteiger partial charge is 0.0610 e. The number of benzene rings is 2. The van der Waals surface area contributed by atoms with Gasteiger partial charge in [-0.1, -0.05) is 34.9 Å². The van der Waals surface area contributed by atoms with Crippen LogP contribution in [0.1, 0.15) is 0 Å². The van der Waals surface area contributed by atoms with Crippen LogP contribution in [-0.4, -0.2) is 0 Å². The summed E-state index contributed by atoms with van der Waals surface area (Å²) in [6.45, 7) is 0. The fourth-order valence-corrected chi connectivity index (χ4v) is 1.53. The predicted molar refractivity (Wildman–Crippen MR) is 70.0 cm³/mol. The summed E-state index contributed by atoms with van der Waals surface area (Å²) in [4.78, 5) is 2.79. The summed E-state index contributed by atoms with van der Waals surface area (Å²) >= 11 is 5.80. The highest BCUT2D eigenvalue weighted by Crippen LogP contribution is 2.28. The molecule has 2 aromatic rings. The standard InChI is InChI=1S/C12H9ClN4/c13-9-5-7-10(8-6-9)15-11-3-1-2-4-12(11)16-17-14/h1-8,15H. The summed E-state index contributed by atoms with van der Waals surface area (Å²) in [6, 6.07) is 14.6. The van der Waals surface area contributed by atoms with Crippen molar-refractivity contribution in [2.75, 3.05) is 5.32 Å². The van der Waals surface area contributed by atoms with E-state index in [1.54, 1.807) is 18.2 Å². The van der Waals surface area contributed by atoms with Crippen molar-refractivity contribution in [2.24, 2.45) is 5.11 Å². The zero-order valence-corrected chi connectivity index (χ0v) is 9.59. The lowest BCUT2D eigenvalue weighted by atomic mass is 10.2. The number of rotatable bonds is 3. The van der Waals surface area contributed by atoms with Gasteiger partial charge in [-0.25, -0.2) is 0 Å². The van der Waals surface area contributed by atoms with Crippen LogP contribution in [0.3, 0.4) is 0 Å². The molecule has 5 heteroatoms. The van der Waals surface area contributed by atoms with Gasteiger partial charge in [-0.3, -0.25) is 0 Å². The minimum Gasteiger partial charge on any atom is -0.355 e. The van der Waals surface area contributed by atoms with E-state index in [0.717, 1.165) is 11.4 Å². The average Bonchev–Trinajstić information content (AvgIpc) is 2.35. The Balaban J connectivity index is 2.29. The van der Waals surface area contributed by atoms with E-state index < -0.39 is 0 Å². The Morgan fingerprint density at radius 3 is 2.47 bits per heavy atom. The van der Waals surface area contributed by atoms with Crippen LogP contribution in [0.5, 0.6) is 0 Å². The van der Waals surface area contributed by atoms with Gasteiger partial charge < -0.3 is 5.32 Å². The fourth-order valence-electron chi connectivity index (χ4n) is 1.40.